The number of rotatable bonds is 2. The van der Waals surface area contributed by atoms with Gasteiger partial charge in [0.25, 0.3) is 0 Å². The fourth-order valence-electron chi connectivity index (χ4n) is 2.59. The van der Waals surface area contributed by atoms with Crippen LogP contribution in [0.25, 0.3) is 0 Å². The van der Waals surface area contributed by atoms with Gasteiger partial charge < -0.3 is 10.6 Å². The number of benzene rings is 2. The second-order valence-electron chi connectivity index (χ2n) is 5.18. The Hall–Kier alpha value is -2.27. The van der Waals surface area contributed by atoms with Crippen molar-refractivity contribution in [3.8, 4) is 0 Å². The Morgan fingerprint density at radius 3 is 2.76 bits per heavy atom. The van der Waals surface area contributed by atoms with E-state index in [1.54, 1.807) is 6.07 Å². The number of nitrogens with zero attached hydrogens (tertiary/aromatic N) is 1. The molecule has 21 heavy (non-hydrogen) atoms. The Morgan fingerprint density at radius 1 is 1.24 bits per heavy atom. The van der Waals surface area contributed by atoms with Crippen LogP contribution in [0.4, 0.5) is 14.5 Å². The van der Waals surface area contributed by atoms with Gasteiger partial charge in [-0.05, 0) is 19.1 Å². The Bertz CT molecular complexity index is 730. The highest BCUT2D eigenvalue weighted by molar-refractivity contribution is 6.04. The van der Waals surface area contributed by atoms with Gasteiger partial charge in [-0.3, -0.25) is 4.79 Å². The number of halogens is 2. The highest BCUT2D eigenvalue weighted by Gasteiger charge is 2.35. The molecule has 3 nitrogen and oxygen atoms in total. The average Bonchev–Trinajstić information content (AvgIpc) is 2.69. The third kappa shape index (κ3) is 2.19. The van der Waals surface area contributed by atoms with Crippen LogP contribution >= 0.6 is 0 Å². The largest absolute Gasteiger partial charge is 0.316 e. The third-order valence-corrected chi connectivity index (χ3v) is 3.70. The summed E-state index contributed by atoms with van der Waals surface area (Å²) in [6, 6.07) is 8.67. The maximum Gasteiger partial charge on any atom is 0.248 e. The monoisotopic (exact) mass is 288 g/mol. The van der Waals surface area contributed by atoms with Gasteiger partial charge in [0.15, 0.2) is 11.6 Å². The number of aryl methyl sites for hydroxylation is 1. The van der Waals surface area contributed by atoms with Crippen molar-refractivity contribution in [3.63, 3.8) is 0 Å². The fourth-order valence-corrected chi connectivity index (χ4v) is 2.59. The van der Waals surface area contributed by atoms with Gasteiger partial charge in [-0.25, -0.2) is 8.78 Å². The lowest BCUT2D eigenvalue weighted by Crippen LogP contribution is -2.31. The number of amides is 1. The molecule has 0 saturated carbocycles. The van der Waals surface area contributed by atoms with Gasteiger partial charge in [0, 0.05) is 16.8 Å². The lowest BCUT2D eigenvalue weighted by molar-refractivity contribution is -0.119. The molecule has 1 unspecified atom stereocenters. The summed E-state index contributed by atoms with van der Waals surface area (Å²) in [5, 5.41) is 0. The van der Waals surface area contributed by atoms with Gasteiger partial charge >= 0.3 is 0 Å². The van der Waals surface area contributed by atoms with Crippen LogP contribution in [0.5, 0.6) is 0 Å². The molecular weight excluding hydrogens is 274 g/mol. The van der Waals surface area contributed by atoms with E-state index in [2.05, 4.69) is 0 Å². The predicted molar refractivity (Wildman–Crippen MR) is 75.7 cm³/mol. The van der Waals surface area contributed by atoms with Crippen LogP contribution in [-0.4, -0.2) is 5.91 Å². The van der Waals surface area contributed by atoms with Crippen LogP contribution in [0, 0.1) is 18.6 Å². The first kappa shape index (κ1) is 13.7. The van der Waals surface area contributed by atoms with Crippen LogP contribution in [-0.2, 0) is 11.3 Å². The molecule has 0 fully saturated rings. The topological polar surface area (TPSA) is 46.3 Å². The van der Waals surface area contributed by atoms with Crippen molar-refractivity contribution in [1.29, 1.82) is 0 Å². The molecule has 0 aromatic heterocycles. The van der Waals surface area contributed by atoms with Gasteiger partial charge in [0.2, 0.25) is 5.91 Å². The van der Waals surface area contributed by atoms with Gasteiger partial charge in [0.1, 0.15) is 6.04 Å². The molecule has 1 aliphatic rings. The molecule has 2 aromatic carbocycles. The van der Waals surface area contributed by atoms with Crippen LogP contribution in [0.3, 0.4) is 0 Å². The first-order valence-corrected chi connectivity index (χ1v) is 6.59. The summed E-state index contributed by atoms with van der Waals surface area (Å²) in [6.45, 7) is 1.87. The molecule has 0 radical (unpaired) electrons. The zero-order valence-electron chi connectivity index (χ0n) is 11.4. The van der Waals surface area contributed by atoms with E-state index in [1.807, 2.05) is 19.1 Å². The average molecular weight is 288 g/mol. The first-order valence-electron chi connectivity index (χ1n) is 6.59. The van der Waals surface area contributed by atoms with E-state index in [9.17, 15) is 13.6 Å². The summed E-state index contributed by atoms with van der Waals surface area (Å²) >= 11 is 0. The van der Waals surface area contributed by atoms with Crippen molar-refractivity contribution in [2.45, 2.75) is 19.5 Å². The summed E-state index contributed by atoms with van der Waals surface area (Å²) in [6.07, 6.45) is 0. The summed E-state index contributed by atoms with van der Waals surface area (Å²) in [5.74, 6) is -2.16. The molecule has 0 bridgehead atoms. The van der Waals surface area contributed by atoms with E-state index in [4.69, 9.17) is 5.73 Å². The highest BCUT2D eigenvalue weighted by Crippen LogP contribution is 2.36. The van der Waals surface area contributed by atoms with Crippen molar-refractivity contribution < 1.29 is 13.6 Å². The zero-order valence-corrected chi connectivity index (χ0v) is 11.4. The lowest BCUT2D eigenvalue weighted by Gasteiger charge is -2.18. The summed E-state index contributed by atoms with van der Waals surface area (Å²) in [7, 11) is 0. The standard InChI is InChI=1S/C16H14F2N2O/c1-9-5-6-13-11(7-9)15(19)16(21)20(13)8-10-3-2-4-12(17)14(10)18/h2-7,15H,8,19H2,1H3. The number of fused-ring (bicyclic) bond motifs is 1. The molecule has 1 heterocycles. The number of hydrogen-bond acceptors (Lipinski definition) is 2. The predicted octanol–water partition coefficient (Wildman–Crippen LogP) is 2.82. The molecule has 2 aromatic rings. The number of hydrogen-bond donors (Lipinski definition) is 1. The Labute approximate surface area is 121 Å². The van der Waals surface area contributed by atoms with E-state index in [0.717, 1.165) is 17.2 Å². The third-order valence-electron chi connectivity index (χ3n) is 3.70. The minimum absolute atomic E-state index is 0.0355. The fraction of sp³-hybridized carbons (Fsp3) is 0.188. The summed E-state index contributed by atoms with van der Waals surface area (Å²) in [5.41, 5.74) is 8.41. The number of carbonyl (C=O) groups is 1. The van der Waals surface area contributed by atoms with E-state index < -0.39 is 17.7 Å². The van der Waals surface area contributed by atoms with E-state index >= 15 is 0 Å². The van der Waals surface area contributed by atoms with Crippen LogP contribution in [0.15, 0.2) is 36.4 Å². The van der Waals surface area contributed by atoms with Gasteiger partial charge in [-0.2, -0.15) is 0 Å². The van der Waals surface area contributed by atoms with Gasteiger partial charge in [0.05, 0.1) is 6.54 Å². The number of nitrogens with two attached hydrogens (primary N) is 1. The molecule has 0 aliphatic carbocycles. The molecule has 5 heteroatoms. The molecule has 1 atom stereocenters. The number of anilines is 1. The van der Waals surface area contributed by atoms with Crippen LogP contribution in [0.2, 0.25) is 0 Å². The normalized spacial score (nSPS) is 17.2. The molecule has 1 amide bonds. The quantitative estimate of drug-likeness (QED) is 0.923. The van der Waals surface area contributed by atoms with Crippen LogP contribution < -0.4 is 10.6 Å². The minimum atomic E-state index is -0.931. The van der Waals surface area contributed by atoms with Crippen molar-refractivity contribution in [2.24, 2.45) is 5.73 Å². The summed E-state index contributed by atoms with van der Waals surface area (Å²) < 4.78 is 27.0. The molecule has 0 saturated heterocycles. The Kier molecular flexibility index (Phi) is 3.22. The second-order valence-corrected chi connectivity index (χ2v) is 5.18. The van der Waals surface area contributed by atoms with E-state index in [-0.39, 0.29) is 18.0 Å². The van der Waals surface area contributed by atoms with E-state index in [0.29, 0.717) is 5.69 Å². The molecule has 0 spiro atoms. The van der Waals surface area contributed by atoms with Crippen molar-refractivity contribution >= 4 is 11.6 Å². The van der Waals surface area contributed by atoms with Gasteiger partial charge in [-0.15, -0.1) is 0 Å². The lowest BCUT2D eigenvalue weighted by atomic mass is 10.1. The molecular formula is C16H14F2N2O. The summed E-state index contributed by atoms with van der Waals surface area (Å²) in [4.78, 5) is 13.7. The maximum absolute atomic E-state index is 13.8. The second kappa shape index (κ2) is 4.93. The Balaban J connectivity index is 2.01. The first-order chi connectivity index (χ1) is 9.99. The van der Waals surface area contributed by atoms with Crippen molar-refractivity contribution in [2.75, 3.05) is 4.90 Å². The van der Waals surface area contributed by atoms with Gasteiger partial charge in [-0.1, -0.05) is 29.8 Å². The SMILES string of the molecule is Cc1ccc2c(c1)C(N)C(=O)N2Cc1cccc(F)c1F. The highest BCUT2D eigenvalue weighted by atomic mass is 19.2. The smallest absolute Gasteiger partial charge is 0.248 e. The van der Waals surface area contributed by atoms with Crippen LogP contribution in [0.1, 0.15) is 22.7 Å². The minimum Gasteiger partial charge on any atom is -0.316 e. The van der Waals surface area contributed by atoms with Crippen molar-refractivity contribution in [1.82, 2.24) is 0 Å². The van der Waals surface area contributed by atoms with E-state index in [1.165, 1.54) is 17.0 Å². The van der Waals surface area contributed by atoms with Crippen molar-refractivity contribution in [3.05, 3.63) is 64.7 Å². The molecule has 2 N–H and O–H groups in total. The maximum atomic E-state index is 13.8. The molecule has 1 aliphatic heterocycles. The Morgan fingerprint density at radius 2 is 2.00 bits per heavy atom. The molecule has 3 rings (SSSR count). The molecule has 108 valence electrons. The zero-order chi connectivity index (χ0) is 15.1. The number of carbonyl (C=O) groups excluding carboxylic acids is 1.